The quantitative estimate of drug-likeness (QED) is 0.817. The van der Waals surface area contributed by atoms with Gasteiger partial charge in [-0.25, -0.2) is 8.42 Å². The zero-order chi connectivity index (χ0) is 16.7. The summed E-state index contributed by atoms with van der Waals surface area (Å²) in [6, 6.07) is 5.92. The van der Waals surface area contributed by atoms with Gasteiger partial charge in [-0.2, -0.15) is 4.31 Å². The number of aliphatic carboxylic acids is 1. The molecule has 1 spiro atoms. The maximum absolute atomic E-state index is 12.7. The first kappa shape index (κ1) is 15.9. The monoisotopic (exact) mass is 338 g/mol. The highest BCUT2D eigenvalue weighted by molar-refractivity contribution is 7.89. The van der Waals surface area contributed by atoms with E-state index in [0.717, 1.165) is 0 Å². The highest BCUT2D eigenvalue weighted by atomic mass is 32.2. The first-order valence-corrected chi connectivity index (χ1v) is 8.82. The largest absolute Gasteiger partial charge is 0.481 e. The Labute approximate surface area is 134 Å². The fourth-order valence-corrected chi connectivity index (χ4v) is 4.80. The maximum atomic E-state index is 12.7. The molecule has 23 heavy (non-hydrogen) atoms. The highest BCUT2D eigenvalue weighted by Gasteiger charge is 2.47. The van der Waals surface area contributed by atoms with E-state index in [1.165, 1.54) is 28.6 Å². The molecule has 1 atom stereocenters. The van der Waals surface area contributed by atoms with Crippen LogP contribution in [0.2, 0.25) is 0 Å². The Bertz CT molecular complexity index is 744. The van der Waals surface area contributed by atoms with Gasteiger partial charge in [-0.15, -0.1) is 0 Å². The Hall–Kier alpha value is -1.93. The Morgan fingerprint density at radius 2 is 2.00 bits per heavy atom. The molecule has 0 aliphatic carbocycles. The van der Waals surface area contributed by atoms with Crippen LogP contribution in [0.25, 0.3) is 0 Å². The summed E-state index contributed by atoms with van der Waals surface area (Å²) in [7, 11) is -3.62. The van der Waals surface area contributed by atoms with E-state index in [-0.39, 0.29) is 22.6 Å². The first-order chi connectivity index (χ1) is 10.8. The number of benzene rings is 1. The Morgan fingerprint density at radius 1 is 1.30 bits per heavy atom. The Morgan fingerprint density at radius 3 is 2.57 bits per heavy atom. The van der Waals surface area contributed by atoms with Crippen molar-refractivity contribution in [2.24, 2.45) is 5.41 Å². The summed E-state index contributed by atoms with van der Waals surface area (Å²) < 4.78 is 26.8. The van der Waals surface area contributed by atoms with E-state index < -0.39 is 16.0 Å². The SMILES string of the molecule is O=C(O)Cc1ccc(S(=O)(=O)N2CCC3(CNC(=O)C3)C2)cc1. The van der Waals surface area contributed by atoms with Crippen LogP contribution >= 0.6 is 0 Å². The number of hydrogen-bond donors (Lipinski definition) is 2. The molecule has 124 valence electrons. The second-order valence-corrected chi connectivity index (χ2v) is 8.19. The van der Waals surface area contributed by atoms with Crippen molar-refractivity contribution >= 4 is 21.9 Å². The molecule has 1 unspecified atom stereocenters. The number of sulfonamides is 1. The van der Waals surface area contributed by atoms with E-state index in [1.54, 1.807) is 0 Å². The molecule has 0 bridgehead atoms. The van der Waals surface area contributed by atoms with E-state index in [4.69, 9.17) is 5.11 Å². The molecular formula is C15H18N2O5S. The van der Waals surface area contributed by atoms with Gasteiger partial charge in [-0.3, -0.25) is 9.59 Å². The van der Waals surface area contributed by atoms with E-state index in [0.29, 0.717) is 38.0 Å². The van der Waals surface area contributed by atoms with Gasteiger partial charge in [-0.05, 0) is 24.1 Å². The number of carbonyl (C=O) groups is 2. The van der Waals surface area contributed by atoms with Crippen molar-refractivity contribution < 1.29 is 23.1 Å². The van der Waals surface area contributed by atoms with Crippen molar-refractivity contribution in [2.45, 2.75) is 24.2 Å². The minimum Gasteiger partial charge on any atom is -0.481 e. The number of nitrogens with one attached hydrogen (secondary N) is 1. The molecule has 1 aromatic carbocycles. The zero-order valence-corrected chi connectivity index (χ0v) is 13.3. The van der Waals surface area contributed by atoms with Gasteiger partial charge in [0.15, 0.2) is 0 Å². The summed E-state index contributed by atoms with van der Waals surface area (Å²) in [6.07, 6.45) is 0.902. The van der Waals surface area contributed by atoms with Gasteiger partial charge in [0.1, 0.15) is 0 Å². The van der Waals surface area contributed by atoms with Crippen LogP contribution in [0.3, 0.4) is 0 Å². The Balaban J connectivity index is 1.77. The molecule has 2 aliphatic rings. The Kier molecular flexibility index (Phi) is 3.89. The van der Waals surface area contributed by atoms with Crippen LogP contribution in [-0.2, 0) is 26.0 Å². The average Bonchev–Trinajstić information content (AvgIpc) is 3.06. The molecule has 2 saturated heterocycles. The molecule has 2 heterocycles. The molecule has 2 aliphatic heterocycles. The van der Waals surface area contributed by atoms with Crippen LogP contribution in [-0.4, -0.2) is 49.3 Å². The second-order valence-electron chi connectivity index (χ2n) is 6.26. The lowest BCUT2D eigenvalue weighted by Gasteiger charge is -2.21. The molecule has 3 rings (SSSR count). The van der Waals surface area contributed by atoms with E-state index >= 15 is 0 Å². The van der Waals surface area contributed by atoms with Crippen LogP contribution in [0.15, 0.2) is 29.2 Å². The molecule has 0 aromatic heterocycles. The second kappa shape index (κ2) is 5.61. The van der Waals surface area contributed by atoms with Gasteiger partial charge in [0.2, 0.25) is 15.9 Å². The fraction of sp³-hybridized carbons (Fsp3) is 0.467. The topological polar surface area (TPSA) is 104 Å². The number of carboxylic acid groups (broad SMARTS) is 1. The fourth-order valence-electron chi connectivity index (χ4n) is 3.24. The lowest BCUT2D eigenvalue weighted by Crippen LogP contribution is -2.33. The van der Waals surface area contributed by atoms with Crippen LogP contribution in [0.1, 0.15) is 18.4 Å². The maximum Gasteiger partial charge on any atom is 0.307 e. The van der Waals surface area contributed by atoms with E-state index in [9.17, 15) is 18.0 Å². The van der Waals surface area contributed by atoms with E-state index in [1.807, 2.05) is 0 Å². The minimum atomic E-state index is -3.62. The molecule has 2 N–H and O–H groups in total. The lowest BCUT2D eigenvalue weighted by molar-refractivity contribution is -0.136. The third kappa shape index (κ3) is 3.09. The number of nitrogens with zero attached hydrogens (tertiary/aromatic N) is 1. The van der Waals surface area contributed by atoms with Gasteiger partial charge >= 0.3 is 5.97 Å². The van der Waals surface area contributed by atoms with Crippen LogP contribution in [0, 0.1) is 5.41 Å². The molecule has 8 heteroatoms. The van der Waals surface area contributed by atoms with E-state index in [2.05, 4.69) is 5.32 Å². The summed E-state index contributed by atoms with van der Waals surface area (Å²) in [4.78, 5) is 22.3. The van der Waals surface area contributed by atoms with Crippen LogP contribution in [0.4, 0.5) is 0 Å². The number of carbonyl (C=O) groups excluding carboxylic acids is 1. The predicted molar refractivity (Wildman–Crippen MR) is 81.2 cm³/mol. The van der Waals surface area contributed by atoms with Crippen molar-refractivity contribution in [1.82, 2.24) is 9.62 Å². The molecule has 0 radical (unpaired) electrons. The minimum absolute atomic E-state index is 0.0257. The van der Waals surface area contributed by atoms with Gasteiger partial charge in [0.25, 0.3) is 0 Å². The first-order valence-electron chi connectivity index (χ1n) is 7.38. The van der Waals surface area contributed by atoms with Gasteiger partial charge < -0.3 is 10.4 Å². The number of carboxylic acids is 1. The third-order valence-electron chi connectivity index (χ3n) is 4.52. The smallest absolute Gasteiger partial charge is 0.307 e. The lowest BCUT2D eigenvalue weighted by atomic mass is 9.86. The predicted octanol–water partition coefficient (Wildman–Crippen LogP) is 0.214. The van der Waals surface area contributed by atoms with Crippen molar-refractivity contribution in [2.75, 3.05) is 19.6 Å². The van der Waals surface area contributed by atoms with Gasteiger partial charge in [0, 0.05) is 31.5 Å². The highest BCUT2D eigenvalue weighted by Crippen LogP contribution is 2.38. The molecule has 0 saturated carbocycles. The van der Waals surface area contributed by atoms with Crippen LogP contribution in [0.5, 0.6) is 0 Å². The van der Waals surface area contributed by atoms with Crippen molar-refractivity contribution in [3.63, 3.8) is 0 Å². The molecule has 1 amide bonds. The number of rotatable bonds is 4. The summed E-state index contributed by atoms with van der Waals surface area (Å²) in [5, 5.41) is 11.5. The molecule has 1 aromatic rings. The zero-order valence-electron chi connectivity index (χ0n) is 12.5. The van der Waals surface area contributed by atoms with Crippen molar-refractivity contribution in [1.29, 1.82) is 0 Å². The summed E-state index contributed by atoms with van der Waals surface area (Å²) in [5.41, 5.74) is 0.271. The summed E-state index contributed by atoms with van der Waals surface area (Å²) in [6.45, 7) is 1.26. The molecule has 2 fully saturated rings. The third-order valence-corrected chi connectivity index (χ3v) is 6.38. The summed E-state index contributed by atoms with van der Waals surface area (Å²) in [5.74, 6) is -0.984. The van der Waals surface area contributed by atoms with Crippen molar-refractivity contribution in [3.05, 3.63) is 29.8 Å². The molecule has 7 nitrogen and oxygen atoms in total. The number of amides is 1. The normalized spacial score (nSPS) is 25.0. The van der Waals surface area contributed by atoms with Gasteiger partial charge in [0.05, 0.1) is 11.3 Å². The van der Waals surface area contributed by atoms with Gasteiger partial charge in [-0.1, -0.05) is 12.1 Å². The standard InChI is InChI=1S/C15H18N2O5S/c18-13-8-15(9-16-13)5-6-17(10-15)23(21,22)12-3-1-11(2-4-12)7-14(19)20/h1-4H,5-10H2,(H,16,18)(H,19,20). The molecular weight excluding hydrogens is 320 g/mol. The average molecular weight is 338 g/mol. The van der Waals surface area contributed by atoms with Crippen LogP contribution < -0.4 is 5.32 Å². The number of hydrogen-bond acceptors (Lipinski definition) is 4. The summed E-state index contributed by atoms with van der Waals surface area (Å²) >= 11 is 0. The van der Waals surface area contributed by atoms with Crippen molar-refractivity contribution in [3.8, 4) is 0 Å².